The lowest BCUT2D eigenvalue weighted by Crippen LogP contribution is -2.57. The first-order chi connectivity index (χ1) is 7.99. The number of nitrogens with zero attached hydrogens (tertiary/aromatic N) is 1. The average Bonchev–Trinajstić information content (AvgIpc) is 3.03. The zero-order valence-corrected chi connectivity index (χ0v) is 11.6. The number of carbonyl (C=O) groups is 1. The van der Waals surface area contributed by atoms with Gasteiger partial charge in [0.1, 0.15) is 0 Å². The second kappa shape index (κ2) is 4.56. The van der Waals surface area contributed by atoms with E-state index < -0.39 is 5.41 Å². The molecular weight excluding hydrogens is 232 g/mol. The highest BCUT2D eigenvalue weighted by molar-refractivity contribution is 7.80. The molecule has 0 aromatic heterocycles. The van der Waals surface area contributed by atoms with Gasteiger partial charge in [-0.3, -0.25) is 4.79 Å². The first-order valence-corrected chi connectivity index (χ1v) is 6.99. The van der Waals surface area contributed by atoms with Crippen LogP contribution in [-0.2, 0) is 4.79 Å². The zero-order valence-electron chi connectivity index (χ0n) is 10.7. The summed E-state index contributed by atoms with van der Waals surface area (Å²) in [5, 5.41) is 0. The molecule has 1 amide bonds. The number of nitrogens with two attached hydrogens (primary N) is 1. The van der Waals surface area contributed by atoms with Gasteiger partial charge in [0, 0.05) is 13.1 Å². The topological polar surface area (TPSA) is 46.3 Å². The van der Waals surface area contributed by atoms with Crippen molar-refractivity contribution >= 4 is 23.1 Å². The van der Waals surface area contributed by atoms with Crippen molar-refractivity contribution in [3.05, 3.63) is 0 Å². The quantitative estimate of drug-likeness (QED) is 0.763. The van der Waals surface area contributed by atoms with E-state index in [9.17, 15) is 4.79 Å². The maximum atomic E-state index is 12.6. The van der Waals surface area contributed by atoms with Gasteiger partial charge < -0.3 is 10.6 Å². The van der Waals surface area contributed by atoms with Gasteiger partial charge in [-0.15, -0.1) is 0 Å². The Kier molecular flexibility index (Phi) is 3.43. The number of thiocarbonyl (C=S) groups is 1. The minimum absolute atomic E-state index is 0.178. The summed E-state index contributed by atoms with van der Waals surface area (Å²) in [6.07, 6.45) is 4.20. The van der Waals surface area contributed by atoms with Crippen LogP contribution in [0.2, 0.25) is 0 Å². The number of carbonyl (C=O) groups excluding carboxylic acids is 1. The van der Waals surface area contributed by atoms with Crippen molar-refractivity contribution in [1.29, 1.82) is 0 Å². The van der Waals surface area contributed by atoms with Gasteiger partial charge >= 0.3 is 0 Å². The molecule has 0 atom stereocenters. The third-order valence-electron chi connectivity index (χ3n) is 4.12. The highest BCUT2D eigenvalue weighted by Crippen LogP contribution is 2.47. The molecule has 0 aromatic rings. The van der Waals surface area contributed by atoms with Crippen LogP contribution >= 0.6 is 12.2 Å². The maximum Gasteiger partial charge on any atom is 0.235 e. The van der Waals surface area contributed by atoms with Crippen LogP contribution in [-0.4, -0.2) is 28.9 Å². The molecule has 3 nitrogen and oxygen atoms in total. The molecular formula is C13H22N2OS. The third-order valence-corrected chi connectivity index (χ3v) is 4.51. The molecule has 2 aliphatic rings. The van der Waals surface area contributed by atoms with Crippen LogP contribution in [0.15, 0.2) is 0 Å². The molecule has 96 valence electrons. The van der Waals surface area contributed by atoms with Gasteiger partial charge in [0.15, 0.2) is 0 Å². The minimum atomic E-state index is -0.514. The van der Waals surface area contributed by atoms with E-state index in [1.165, 1.54) is 12.8 Å². The Balaban J connectivity index is 2.06. The highest BCUT2D eigenvalue weighted by Gasteiger charge is 2.52. The van der Waals surface area contributed by atoms with Crippen LogP contribution in [0, 0.1) is 17.3 Å². The summed E-state index contributed by atoms with van der Waals surface area (Å²) in [4.78, 5) is 14.9. The van der Waals surface area contributed by atoms with E-state index in [0.717, 1.165) is 31.8 Å². The molecule has 0 heterocycles. The molecule has 0 spiro atoms. The van der Waals surface area contributed by atoms with Gasteiger partial charge in [-0.25, -0.2) is 0 Å². The molecule has 2 N–H and O–H groups in total. The van der Waals surface area contributed by atoms with Gasteiger partial charge in [0.05, 0.1) is 10.4 Å². The average molecular weight is 254 g/mol. The number of hydrogen-bond acceptors (Lipinski definition) is 2. The lowest BCUT2D eigenvalue weighted by Gasteiger charge is -2.46. The molecule has 0 aromatic carbocycles. The molecule has 2 rings (SSSR count). The lowest BCUT2D eigenvalue weighted by molar-refractivity contribution is -0.144. The number of amides is 1. The van der Waals surface area contributed by atoms with Gasteiger partial charge in [-0.2, -0.15) is 0 Å². The molecule has 17 heavy (non-hydrogen) atoms. The van der Waals surface area contributed by atoms with E-state index in [1.54, 1.807) is 0 Å². The van der Waals surface area contributed by atoms with E-state index in [1.807, 2.05) is 11.8 Å². The largest absolute Gasteiger partial charge is 0.392 e. The SMILES string of the molecule is CCN(CC1CC1)C(=O)C1(C(N)=S)CC(C)C1. The Labute approximate surface area is 109 Å². The van der Waals surface area contributed by atoms with E-state index in [0.29, 0.717) is 10.9 Å². The van der Waals surface area contributed by atoms with Gasteiger partial charge in [-0.05, 0) is 44.4 Å². The van der Waals surface area contributed by atoms with Gasteiger partial charge in [-0.1, -0.05) is 19.1 Å². The second-order valence-corrected chi connectivity index (χ2v) is 6.19. The van der Waals surface area contributed by atoms with Crippen LogP contribution in [0.3, 0.4) is 0 Å². The van der Waals surface area contributed by atoms with Crippen LogP contribution in [0.4, 0.5) is 0 Å². The Morgan fingerprint density at radius 3 is 2.41 bits per heavy atom. The fourth-order valence-electron chi connectivity index (χ4n) is 2.88. The van der Waals surface area contributed by atoms with Crippen molar-refractivity contribution in [2.75, 3.05) is 13.1 Å². The molecule has 2 saturated carbocycles. The lowest BCUT2D eigenvalue weighted by atomic mass is 9.61. The first kappa shape index (κ1) is 12.8. The normalized spacial score (nSPS) is 31.8. The fraction of sp³-hybridized carbons (Fsp3) is 0.846. The van der Waals surface area contributed by atoms with Crippen LogP contribution in [0.5, 0.6) is 0 Å². The number of hydrogen-bond donors (Lipinski definition) is 1. The van der Waals surface area contributed by atoms with Crippen molar-refractivity contribution < 1.29 is 4.79 Å². The summed E-state index contributed by atoms with van der Waals surface area (Å²) in [6, 6.07) is 0. The summed E-state index contributed by atoms with van der Waals surface area (Å²) in [5.74, 6) is 1.47. The van der Waals surface area contributed by atoms with Crippen LogP contribution < -0.4 is 5.73 Å². The molecule has 4 heteroatoms. The molecule has 0 radical (unpaired) electrons. The Morgan fingerprint density at radius 2 is 2.06 bits per heavy atom. The smallest absolute Gasteiger partial charge is 0.235 e. The van der Waals surface area contributed by atoms with E-state index in [-0.39, 0.29) is 5.91 Å². The predicted octanol–water partition coefficient (Wildman–Crippen LogP) is 1.95. The summed E-state index contributed by atoms with van der Waals surface area (Å²) in [5.41, 5.74) is 5.30. The molecule has 0 bridgehead atoms. The van der Waals surface area contributed by atoms with E-state index in [2.05, 4.69) is 6.92 Å². The molecule has 2 aliphatic carbocycles. The molecule has 0 saturated heterocycles. The van der Waals surface area contributed by atoms with E-state index in [4.69, 9.17) is 18.0 Å². The Morgan fingerprint density at radius 1 is 1.47 bits per heavy atom. The Hall–Kier alpha value is -0.640. The van der Waals surface area contributed by atoms with Crippen molar-refractivity contribution in [2.24, 2.45) is 23.0 Å². The summed E-state index contributed by atoms with van der Waals surface area (Å²) in [7, 11) is 0. The maximum absolute atomic E-state index is 12.6. The van der Waals surface area contributed by atoms with Crippen molar-refractivity contribution in [2.45, 2.75) is 39.5 Å². The van der Waals surface area contributed by atoms with Crippen molar-refractivity contribution in [3.63, 3.8) is 0 Å². The van der Waals surface area contributed by atoms with Gasteiger partial charge in [0.2, 0.25) is 5.91 Å². The number of rotatable bonds is 5. The minimum Gasteiger partial charge on any atom is -0.392 e. The first-order valence-electron chi connectivity index (χ1n) is 6.59. The Bertz CT molecular complexity index is 332. The van der Waals surface area contributed by atoms with Crippen molar-refractivity contribution in [1.82, 2.24) is 4.90 Å². The predicted molar refractivity (Wildman–Crippen MR) is 72.6 cm³/mol. The van der Waals surface area contributed by atoms with Crippen LogP contribution in [0.1, 0.15) is 39.5 Å². The summed E-state index contributed by atoms with van der Waals surface area (Å²) < 4.78 is 0. The zero-order chi connectivity index (χ0) is 12.6. The van der Waals surface area contributed by atoms with Gasteiger partial charge in [0.25, 0.3) is 0 Å². The molecule has 2 fully saturated rings. The molecule has 0 unspecified atom stereocenters. The standard InChI is InChI=1S/C13H22N2OS/c1-3-15(8-10-4-5-10)12(16)13(11(14)17)6-9(2)7-13/h9-10H,3-8H2,1-2H3,(H2,14,17). The monoisotopic (exact) mass is 254 g/mol. The van der Waals surface area contributed by atoms with E-state index >= 15 is 0 Å². The van der Waals surface area contributed by atoms with Crippen molar-refractivity contribution in [3.8, 4) is 0 Å². The fourth-order valence-corrected chi connectivity index (χ4v) is 3.14. The highest BCUT2D eigenvalue weighted by atomic mass is 32.1. The summed E-state index contributed by atoms with van der Waals surface area (Å²) in [6.45, 7) is 5.86. The second-order valence-electron chi connectivity index (χ2n) is 5.75. The third kappa shape index (κ3) is 2.32. The molecule has 0 aliphatic heterocycles. The summed E-state index contributed by atoms with van der Waals surface area (Å²) >= 11 is 5.14. The van der Waals surface area contributed by atoms with Crippen LogP contribution in [0.25, 0.3) is 0 Å².